The van der Waals surface area contributed by atoms with Crippen LogP contribution in [0.1, 0.15) is 107 Å². The van der Waals surface area contributed by atoms with Crippen molar-refractivity contribution < 1.29 is 14.6 Å². The van der Waals surface area contributed by atoms with Crippen molar-refractivity contribution in [1.29, 1.82) is 0 Å². The summed E-state index contributed by atoms with van der Waals surface area (Å²) >= 11 is 0. The number of rotatable bonds is 18. The smallest absolute Gasteiger partial charge is 0.339 e. The second kappa shape index (κ2) is 16.3. The maximum atomic E-state index is 11.3. The number of benzene rings is 1. The number of unbranched alkanes of at least 4 members (excludes halogenated alkanes) is 13. The third-order valence-electron chi connectivity index (χ3n) is 5.26. The summed E-state index contributed by atoms with van der Waals surface area (Å²) < 4.78 is 5.78. The van der Waals surface area contributed by atoms with Gasteiger partial charge in [0.15, 0.2) is 5.75 Å². The Hall–Kier alpha value is -1.71. The number of nitrogens with one attached hydrogen (secondary N) is 1. The zero-order valence-electron chi connectivity index (χ0n) is 18.1. The minimum Gasteiger partial charge on any atom is -0.491 e. The van der Waals surface area contributed by atoms with Crippen LogP contribution in [0.15, 0.2) is 18.2 Å². The number of carboxylic acid groups (broad SMARTS) is 1. The van der Waals surface area contributed by atoms with Crippen LogP contribution in [-0.2, 0) is 0 Å². The van der Waals surface area contributed by atoms with E-state index in [4.69, 9.17) is 4.74 Å². The molecule has 4 heteroatoms. The van der Waals surface area contributed by atoms with Crippen molar-refractivity contribution in [3.05, 3.63) is 23.8 Å². The average molecular weight is 392 g/mol. The van der Waals surface area contributed by atoms with Gasteiger partial charge in [-0.2, -0.15) is 0 Å². The number of aromatic carboxylic acids is 1. The van der Waals surface area contributed by atoms with E-state index in [-0.39, 0.29) is 5.56 Å². The summed E-state index contributed by atoms with van der Waals surface area (Å²) in [6.07, 6.45) is 18.5. The number of hydrogen-bond donors (Lipinski definition) is 2. The number of para-hydroxylation sites is 1. The van der Waals surface area contributed by atoms with Crippen molar-refractivity contribution in [3.8, 4) is 5.75 Å². The number of carbonyl (C=O) groups is 1. The number of anilines is 1. The van der Waals surface area contributed by atoms with E-state index in [9.17, 15) is 9.90 Å². The Balaban J connectivity index is 2.01. The van der Waals surface area contributed by atoms with Gasteiger partial charge in [-0.05, 0) is 18.6 Å². The third-order valence-corrected chi connectivity index (χ3v) is 5.26. The summed E-state index contributed by atoms with van der Waals surface area (Å²) in [7, 11) is 1.78. The molecule has 0 aromatic heterocycles. The molecular formula is C24H41NO3. The molecule has 0 aliphatic carbocycles. The molecule has 0 saturated carbocycles. The van der Waals surface area contributed by atoms with Crippen LogP contribution in [0.4, 0.5) is 5.69 Å². The van der Waals surface area contributed by atoms with Crippen molar-refractivity contribution in [2.45, 2.75) is 96.8 Å². The molecule has 28 heavy (non-hydrogen) atoms. The van der Waals surface area contributed by atoms with Crippen molar-refractivity contribution in [2.24, 2.45) is 0 Å². The molecule has 0 unspecified atom stereocenters. The summed E-state index contributed by atoms with van der Waals surface area (Å²) in [4.78, 5) is 11.3. The fourth-order valence-corrected chi connectivity index (χ4v) is 3.53. The topological polar surface area (TPSA) is 58.6 Å². The zero-order chi connectivity index (χ0) is 20.5. The van der Waals surface area contributed by atoms with Crippen LogP contribution in [0.3, 0.4) is 0 Å². The van der Waals surface area contributed by atoms with E-state index in [1.165, 1.54) is 77.0 Å². The average Bonchev–Trinajstić information content (AvgIpc) is 2.70. The summed E-state index contributed by atoms with van der Waals surface area (Å²) in [6.45, 7) is 2.84. The molecule has 2 N–H and O–H groups in total. The standard InChI is InChI=1S/C24H41NO3/c1-3-4-5-6-7-8-9-10-11-12-13-14-15-16-20-28-23-21(24(26)27)18-17-19-22(23)25-2/h17-19,25H,3-16,20H2,1-2H3,(H,26,27). The van der Waals surface area contributed by atoms with E-state index < -0.39 is 5.97 Å². The largest absolute Gasteiger partial charge is 0.491 e. The predicted molar refractivity (Wildman–Crippen MR) is 119 cm³/mol. The molecule has 0 atom stereocenters. The van der Waals surface area contributed by atoms with Crippen LogP contribution in [-0.4, -0.2) is 24.7 Å². The lowest BCUT2D eigenvalue weighted by Crippen LogP contribution is -2.07. The molecule has 0 aliphatic rings. The maximum Gasteiger partial charge on any atom is 0.339 e. The van der Waals surface area contributed by atoms with E-state index in [0.717, 1.165) is 18.5 Å². The van der Waals surface area contributed by atoms with Gasteiger partial charge in [0.25, 0.3) is 0 Å². The lowest BCUT2D eigenvalue weighted by Gasteiger charge is -2.13. The van der Waals surface area contributed by atoms with E-state index in [1.54, 1.807) is 19.2 Å². The third kappa shape index (κ3) is 10.6. The molecule has 1 aromatic carbocycles. The first-order chi connectivity index (χ1) is 13.7. The van der Waals surface area contributed by atoms with Gasteiger partial charge in [0.05, 0.1) is 12.3 Å². The van der Waals surface area contributed by atoms with Crippen LogP contribution >= 0.6 is 0 Å². The van der Waals surface area contributed by atoms with Crippen molar-refractivity contribution in [2.75, 3.05) is 19.0 Å². The number of hydrogen-bond acceptors (Lipinski definition) is 3. The van der Waals surface area contributed by atoms with Crippen LogP contribution in [0.2, 0.25) is 0 Å². The van der Waals surface area contributed by atoms with Crippen molar-refractivity contribution in [1.82, 2.24) is 0 Å². The summed E-state index contributed by atoms with van der Waals surface area (Å²) in [5, 5.41) is 12.3. The lowest BCUT2D eigenvalue weighted by molar-refractivity contribution is 0.0692. The highest BCUT2D eigenvalue weighted by atomic mass is 16.5. The fourth-order valence-electron chi connectivity index (χ4n) is 3.53. The molecule has 4 nitrogen and oxygen atoms in total. The van der Waals surface area contributed by atoms with E-state index >= 15 is 0 Å². The Morgan fingerprint density at radius 1 is 0.857 bits per heavy atom. The highest BCUT2D eigenvalue weighted by Crippen LogP contribution is 2.29. The van der Waals surface area contributed by atoms with Gasteiger partial charge in [-0.25, -0.2) is 4.79 Å². The van der Waals surface area contributed by atoms with E-state index in [1.807, 2.05) is 6.07 Å². The Kier molecular flexibility index (Phi) is 14.1. The molecule has 0 bridgehead atoms. The van der Waals surface area contributed by atoms with E-state index in [0.29, 0.717) is 12.4 Å². The molecule has 0 fully saturated rings. The van der Waals surface area contributed by atoms with Crippen molar-refractivity contribution >= 4 is 11.7 Å². The molecule has 0 amide bonds. The Morgan fingerprint density at radius 2 is 1.36 bits per heavy atom. The van der Waals surface area contributed by atoms with Gasteiger partial charge in [0.2, 0.25) is 0 Å². The molecule has 0 saturated heterocycles. The summed E-state index contributed by atoms with van der Waals surface area (Å²) in [6, 6.07) is 5.16. The molecule has 0 aliphatic heterocycles. The molecule has 0 radical (unpaired) electrons. The van der Waals surface area contributed by atoms with Gasteiger partial charge in [0.1, 0.15) is 5.56 Å². The van der Waals surface area contributed by atoms with Crippen LogP contribution in [0, 0.1) is 0 Å². The number of ether oxygens (including phenoxy) is 1. The molecule has 1 aromatic rings. The molecule has 160 valence electrons. The summed E-state index contributed by atoms with van der Waals surface area (Å²) in [5.41, 5.74) is 0.947. The minimum absolute atomic E-state index is 0.220. The molecule has 0 spiro atoms. The second-order valence-electron chi connectivity index (χ2n) is 7.68. The van der Waals surface area contributed by atoms with Gasteiger partial charge < -0.3 is 15.2 Å². The Morgan fingerprint density at radius 3 is 1.82 bits per heavy atom. The van der Waals surface area contributed by atoms with Gasteiger partial charge in [-0.1, -0.05) is 96.5 Å². The minimum atomic E-state index is -0.951. The van der Waals surface area contributed by atoms with Gasteiger partial charge in [-0.3, -0.25) is 0 Å². The second-order valence-corrected chi connectivity index (χ2v) is 7.68. The van der Waals surface area contributed by atoms with Gasteiger partial charge in [-0.15, -0.1) is 0 Å². The normalized spacial score (nSPS) is 10.8. The lowest BCUT2D eigenvalue weighted by atomic mass is 10.0. The van der Waals surface area contributed by atoms with Gasteiger partial charge in [0, 0.05) is 7.05 Å². The zero-order valence-corrected chi connectivity index (χ0v) is 18.1. The quantitative estimate of drug-likeness (QED) is 0.258. The van der Waals surface area contributed by atoms with Crippen LogP contribution in [0.5, 0.6) is 5.75 Å². The van der Waals surface area contributed by atoms with Crippen LogP contribution < -0.4 is 10.1 Å². The van der Waals surface area contributed by atoms with Crippen LogP contribution in [0.25, 0.3) is 0 Å². The number of carboxylic acids is 1. The first-order valence-electron chi connectivity index (χ1n) is 11.4. The maximum absolute atomic E-state index is 11.3. The predicted octanol–water partition coefficient (Wildman–Crippen LogP) is 7.29. The molecular weight excluding hydrogens is 350 g/mol. The first kappa shape index (κ1) is 24.3. The Labute approximate surface area is 172 Å². The molecule has 1 rings (SSSR count). The molecule has 0 heterocycles. The highest BCUT2D eigenvalue weighted by molar-refractivity contribution is 5.93. The SMILES string of the molecule is CCCCCCCCCCCCCCCCOc1c(NC)cccc1C(=O)O. The highest BCUT2D eigenvalue weighted by Gasteiger charge is 2.14. The first-order valence-corrected chi connectivity index (χ1v) is 11.4. The van der Waals surface area contributed by atoms with Crippen molar-refractivity contribution in [3.63, 3.8) is 0 Å². The fraction of sp³-hybridized carbons (Fsp3) is 0.708. The van der Waals surface area contributed by atoms with E-state index in [2.05, 4.69) is 12.2 Å². The summed E-state index contributed by atoms with van der Waals surface area (Å²) in [5.74, 6) is -0.500. The monoisotopic (exact) mass is 391 g/mol. The Bertz CT molecular complexity index is 531. The van der Waals surface area contributed by atoms with Gasteiger partial charge >= 0.3 is 5.97 Å².